The molecule has 0 saturated heterocycles. The molecule has 1 atom stereocenters. The van der Waals surface area contributed by atoms with Crippen LogP contribution in [0.25, 0.3) is 6.08 Å². The van der Waals surface area contributed by atoms with E-state index in [4.69, 9.17) is 0 Å². The van der Waals surface area contributed by atoms with Gasteiger partial charge in [-0.25, -0.2) is 8.42 Å². The fourth-order valence-electron chi connectivity index (χ4n) is 2.47. The highest BCUT2D eigenvalue weighted by Gasteiger charge is 2.13. The van der Waals surface area contributed by atoms with Crippen molar-refractivity contribution < 1.29 is 18.1 Å². The van der Waals surface area contributed by atoms with E-state index in [1.54, 1.807) is 30.3 Å². The standard InChI is InChI=1S/C19H20N2O5S/c1-3-18(15-7-11-17(12-8-15)27(2,25)26)20-19(22)13-6-14-4-9-16(10-5-14)21(23)24/h4-13,18H,3H2,1-2H3,(H,20,22)/b13-6+/t18-/m1/s1. The quantitative estimate of drug-likeness (QED) is 0.445. The molecule has 0 spiro atoms. The number of rotatable bonds is 7. The lowest BCUT2D eigenvalue weighted by Gasteiger charge is -2.16. The second-order valence-corrected chi connectivity index (χ2v) is 8.01. The van der Waals surface area contributed by atoms with Crippen LogP contribution in [0.15, 0.2) is 59.5 Å². The van der Waals surface area contributed by atoms with Crippen molar-refractivity contribution in [3.05, 3.63) is 75.8 Å². The molecule has 142 valence electrons. The van der Waals surface area contributed by atoms with E-state index in [0.29, 0.717) is 12.0 Å². The molecule has 2 rings (SSSR count). The molecule has 0 aromatic heterocycles. The van der Waals surface area contributed by atoms with Crippen molar-refractivity contribution in [1.82, 2.24) is 5.32 Å². The molecule has 7 nitrogen and oxygen atoms in total. The van der Waals surface area contributed by atoms with E-state index in [-0.39, 0.29) is 22.5 Å². The number of sulfone groups is 1. The number of nitro benzene ring substituents is 1. The Labute approximate surface area is 157 Å². The first-order chi connectivity index (χ1) is 12.7. The van der Waals surface area contributed by atoms with Gasteiger partial charge in [-0.05, 0) is 47.9 Å². The predicted molar refractivity (Wildman–Crippen MR) is 103 cm³/mol. The van der Waals surface area contributed by atoms with Crippen LogP contribution in [0.4, 0.5) is 5.69 Å². The minimum Gasteiger partial charge on any atom is -0.346 e. The smallest absolute Gasteiger partial charge is 0.269 e. The van der Waals surface area contributed by atoms with E-state index in [1.807, 2.05) is 6.92 Å². The highest BCUT2D eigenvalue weighted by atomic mass is 32.2. The molecular weight excluding hydrogens is 368 g/mol. The monoisotopic (exact) mass is 388 g/mol. The molecule has 1 N–H and O–H groups in total. The molecule has 0 radical (unpaired) electrons. The third-order valence-electron chi connectivity index (χ3n) is 3.97. The molecular formula is C19H20N2O5S. The largest absolute Gasteiger partial charge is 0.346 e. The van der Waals surface area contributed by atoms with Crippen molar-refractivity contribution in [3.63, 3.8) is 0 Å². The Hall–Kier alpha value is -3.00. The molecule has 0 aliphatic heterocycles. The highest BCUT2D eigenvalue weighted by molar-refractivity contribution is 7.90. The maximum Gasteiger partial charge on any atom is 0.269 e. The van der Waals surface area contributed by atoms with E-state index in [2.05, 4.69) is 5.32 Å². The molecule has 27 heavy (non-hydrogen) atoms. The predicted octanol–water partition coefficient (Wildman–Crippen LogP) is 3.28. The van der Waals surface area contributed by atoms with E-state index in [0.717, 1.165) is 11.8 Å². The van der Waals surface area contributed by atoms with Gasteiger partial charge in [0.15, 0.2) is 9.84 Å². The lowest BCUT2D eigenvalue weighted by Crippen LogP contribution is -2.26. The van der Waals surface area contributed by atoms with Crippen molar-refractivity contribution in [2.45, 2.75) is 24.3 Å². The minimum absolute atomic E-state index is 0.0137. The third-order valence-corrected chi connectivity index (χ3v) is 5.09. The number of carbonyl (C=O) groups is 1. The summed E-state index contributed by atoms with van der Waals surface area (Å²) < 4.78 is 23.0. The maximum atomic E-state index is 12.2. The van der Waals surface area contributed by atoms with Gasteiger partial charge in [0.05, 0.1) is 15.9 Å². The Bertz CT molecular complexity index is 949. The molecule has 1 amide bonds. The van der Waals surface area contributed by atoms with Crippen molar-refractivity contribution in [3.8, 4) is 0 Å². The number of amides is 1. The Kier molecular flexibility index (Phi) is 6.46. The van der Waals surface area contributed by atoms with E-state index < -0.39 is 14.8 Å². The Balaban J connectivity index is 2.05. The maximum absolute atomic E-state index is 12.2. The summed E-state index contributed by atoms with van der Waals surface area (Å²) in [4.78, 5) is 22.5. The average molecular weight is 388 g/mol. The first kappa shape index (κ1) is 20.3. The molecule has 2 aromatic rings. The van der Waals surface area contributed by atoms with Crippen LogP contribution < -0.4 is 5.32 Å². The zero-order chi connectivity index (χ0) is 20.0. The number of hydrogen-bond donors (Lipinski definition) is 1. The molecule has 0 fully saturated rings. The summed E-state index contributed by atoms with van der Waals surface area (Å²) >= 11 is 0. The molecule has 0 unspecified atom stereocenters. The topological polar surface area (TPSA) is 106 Å². The second-order valence-electron chi connectivity index (χ2n) is 5.99. The molecule has 2 aromatic carbocycles. The average Bonchev–Trinajstić information content (AvgIpc) is 2.64. The zero-order valence-electron chi connectivity index (χ0n) is 15.0. The minimum atomic E-state index is -3.26. The first-order valence-electron chi connectivity index (χ1n) is 8.23. The van der Waals surface area contributed by atoms with Crippen LogP contribution in [0.2, 0.25) is 0 Å². The summed E-state index contributed by atoms with van der Waals surface area (Å²) in [5, 5.41) is 13.5. The van der Waals surface area contributed by atoms with E-state index >= 15 is 0 Å². The van der Waals surface area contributed by atoms with Crippen molar-refractivity contribution >= 4 is 27.5 Å². The Morgan fingerprint density at radius 1 is 1.15 bits per heavy atom. The zero-order valence-corrected chi connectivity index (χ0v) is 15.8. The molecule has 0 saturated carbocycles. The van der Waals surface area contributed by atoms with Gasteiger partial charge in [0.25, 0.3) is 5.69 Å². The van der Waals surface area contributed by atoms with Gasteiger partial charge in [0, 0.05) is 24.5 Å². The van der Waals surface area contributed by atoms with Gasteiger partial charge in [0.1, 0.15) is 0 Å². The van der Waals surface area contributed by atoms with Crippen LogP contribution in [0, 0.1) is 10.1 Å². The summed E-state index contributed by atoms with van der Waals surface area (Å²) in [5.41, 5.74) is 1.46. The van der Waals surface area contributed by atoms with Crippen LogP contribution in [0.5, 0.6) is 0 Å². The number of nitro groups is 1. The fourth-order valence-corrected chi connectivity index (χ4v) is 3.10. The van der Waals surface area contributed by atoms with Crippen LogP contribution in [0.3, 0.4) is 0 Å². The van der Waals surface area contributed by atoms with Crippen LogP contribution >= 0.6 is 0 Å². The summed E-state index contributed by atoms with van der Waals surface area (Å²) in [6.07, 6.45) is 4.70. The molecule has 0 bridgehead atoms. The molecule has 8 heteroatoms. The van der Waals surface area contributed by atoms with Gasteiger partial charge in [-0.3, -0.25) is 14.9 Å². The lowest BCUT2D eigenvalue weighted by atomic mass is 10.0. The lowest BCUT2D eigenvalue weighted by molar-refractivity contribution is -0.384. The molecule has 0 heterocycles. The summed E-state index contributed by atoms with van der Waals surface area (Å²) in [7, 11) is -3.26. The van der Waals surface area contributed by atoms with Gasteiger partial charge in [-0.1, -0.05) is 19.1 Å². The Morgan fingerprint density at radius 2 is 1.74 bits per heavy atom. The van der Waals surface area contributed by atoms with Gasteiger partial charge >= 0.3 is 0 Å². The summed E-state index contributed by atoms with van der Waals surface area (Å²) in [6.45, 7) is 1.91. The number of nitrogens with one attached hydrogen (secondary N) is 1. The summed E-state index contributed by atoms with van der Waals surface area (Å²) in [6, 6.07) is 12.0. The van der Waals surface area contributed by atoms with Gasteiger partial charge in [-0.2, -0.15) is 0 Å². The fraction of sp³-hybridized carbons (Fsp3) is 0.211. The number of benzene rings is 2. The van der Waals surface area contributed by atoms with Crippen molar-refractivity contribution in [2.75, 3.05) is 6.26 Å². The molecule has 0 aliphatic rings. The Morgan fingerprint density at radius 3 is 2.22 bits per heavy atom. The molecule has 0 aliphatic carbocycles. The van der Waals surface area contributed by atoms with Crippen LogP contribution in [-0.4, -0.2) is 25.5 Å². The highest BCUT2D eigenvalue weighted by Crippen LogP contribution is 2.19. The van der Waals surface area contributed by atoms with Gasteiger partial charge < -0.3 is 5.32 Å². The van der Waals surface area contributed by atoms with Crippen molar-refractivity contribution in [1.29, 1.82) is 0 Å². The van der Waals surface area contributed by atoms with E-state index in [1.165, 1.54) is 30.3 Å². The van der Waals surface area contributed by atoms with Gasteiger partial charge in [-0.15, -0.1) is 0 Å². The normalized spacial score (nSPS) is 12.7. The first-order valence-corrected chi connectivity index (χ1v) is 10.1. The number of non-ortho nitro benzene ring substituents is 1. The van der Waals surface area contributed by atoms with Gasteiger partial charge in [0.2, 0.25) is 5.91 Å². The second kappa shape index (κ2) is 8.59. The third kappa shape index (κ3) is 5.75. The SMILES string of the molecule is CC[C@@H](NC(=O)/C=C/c1ccc([N+](=O)[O-])cc1)c1ccc(S(C)(=O)=O)cc1. The number of carbonyl (C=O) groups excluding carboxylic acids is 1. The van der Waals surface area contributed by atoms with E-state index in [9.17, 15) is 23.3 Å². The van der Waals surface area contributed by atoms with Crippen molar-refractivity contribution in [2.24, 2.45) is 0 Å². The number of hydrogen-bond acceptors (Lipinski definition) is 5. The van der Waals surface area contributed by atoms with Crippen LogP contribution in [-0.2, 0) is 14.6 Å². The number of nitrogens with zero attached hydrogens (tertiary/aromatic N) is 1. The summed E-state index contributed by atoms with van der Waals surface area (Å²) in [5.74, 6) is -0.313. The van der Waals surface area contributed by atoms with Crippen LogP contribution in [0.1, 0.15) is 30.5 Å².